The predicted octanol–water partition coefficient (Wildman–Crippen LogP) is 2.69. The van der Waals surface area contributed by atoms with Crippen molar-refractivity contribution in [1.29, 1.82) is 0 Å². The summed E-state index contributed by atoms with van der Waals surface area (Å²) in [7, 11) is 0. The van der Waals surface area contributed by atoms with Crippen LogP contribution in [0.2, 0.25) is 0 Å². The molecule has 2 N–H and O–H groups in total. The number of rotatable bonds is 5. The number of amides is 1. The molecule has 1 aliphatic heterocycles. The van der Waals surface area contributed by atoms with Crippen molar-refractivity contribution in [2.45, 2.75) is 38.1 Å². The molecule has 0 aliphatic carbocycles. The quantitative estimate of drug-likeness (QED) is 0.834. The van der Waals surface area contributed by atoms with E-state index >= 15 is 0 Å². The van der Waals surface area contributed by atoms with E-state index in [2.05, 4.69) is 0 Å². The van der Waals surface area contributed by atoms with E-state index in [1.807, 2.05) is 0 Å². The van der Waals surface area contributed by atoms with E-state index in [4.69, 9.17) is 5.73 Å². The second kappa shape index (κ2) is 8.93. The molecule has 4 nitrogen and oxygen atoms in total. The van der Waals surface area contributed by atoms with E-state index in [0.29, 0.717) is 19.2 Å². The van der Waals surface area contributed by atoms with Crippen LogP contribution in [-0.2, 0) is 4.79 Å². The molecule has 1 aliphatic rings. The summed E-state index contributed by atoms with van der Waals surface area (Å²) < 4.78 is 26.3. The van der Waals surface area contributed by atoms with Gasteiger partial charge in [0.15, 0.2) is 5.78 Å². The molecular formula is C16H21ClF2N2O2. The van der Waals surface area contributed by atoms with Gasteiger partial charge in [0.1, 0.15) is 11.6 Å². The Labute approximate surface area is 140 Å². The van der Waals surface area contributed by atoms with Gasteiger partial charge in [-0.3, -0.25) is 9.59 Å². The fourth-order valence-corrected chi connectivity index (χ4v) is 2.79. The van der Waals surface area contributed by atoms with Gasteiger partial charge >= 0.3 is 0 Å². The first-order valence-electron chi connectivity index (χ1n) is 7.50. The number of piperidine rings is 1. The van der Waals surface area contributed by atoms with Crippen LogP contribution in [0.3, 0.4) is 0 Å². The van der Waals surface area contributed by atoms with Gasteiger partial charge in [-0.15, -0.1) is 12.4 Å². The number of Topliss-reactive ketones (excluding diaryl/α,β-unsaturated/α-hetero) is 1. The normalized spacial score (nSPS) is 17.5. The highest BCUT2D eigenvalue weighted by Crippen LogP contribution is 2.19. The van der Waals surface area contributed by atoms with Crippen molar-refractivity contribution in [2.24, 2.45) is 5.73 Å². The molecule has 1 aromatic rings. The summed E-state index contributed by atoms with van der Waals surface area (Å²) in [5.41, 5.74) is 5.49. The van der Waals surface area contributed by atoms with E-state index in [1.165, 1.54) is 0 Å². The lowest BCUT2D eigenvalue weighted by Gasteiger charge is -2.35. The molecule has 0 aromatic heterocycles. The number of ketones is 1. The average Bonchev–Trinajstić information content (AvgIpc) is 2.52. The molecule has 1 atom stereocenters. The zero-order chi connectivity index (χ0) is 16.1. The van der Waals surface area contributed by atoms with Gasteiger partial charge in [0.05, 0.1) is 5.56 Å². The standard InChI is InChI=1S/C16H20F2N2O2.ClH/c17-11-4-5-13(14(18)9-11)15(21)6-7-16(22)20-8-2-1-3-12(20)10-19;/h4-5,9,12H,1-3,6-8,10,19H2;1H. The Morgan fingerprint density at radius 1 is 1.22 bits per heavy atom. The average molecular weight is 347 g/mol. The number of hydrogen-bond acceptors (Lipinski definition) is 3. The lowest BCUT2D eigenvalue weighted by atomic mass is 10.0. The lowest BCUT2D eigenvalue weighted by Crippen LogP contribution is -2.47. The number of carbonyl (C=O) groups is 2. The number of likely N-dealkylation sites (tertiary alicyclic amines) is 1. The minimum Gasteiger partial charge on any atom is -0.338 e. The molecule has 1 aromatic carbocycles. The number of halogens is 3. The minimum atomic E-state index is -0.893. The van der Waals surface area contributed by atoms with Crippen molar-refractivity contribution < 1.29 is 18.4 Å². The summed E-state index contributed by atoms with van der Waals surface area (Å²) in [4.78, 5) is 25.9. The molecule has 2 rings (SSSR count). The summed E-state index contributed by atoms with van der Waals surface area (Å²) in [6, 6.07) is 2.84. The van der Waals surface area contributed by atoms with Gasteiger partial charge in [-0.25, -0.2) is 8.78 Å². The Bertz CT molecular complexity index is 569. The Morgan fingerprint density at radius 2 is 1.96 bits per heavy atom. The van der Waals surface area contributed by atoms with Crippen molar-refractivity contribution in [3.63, 3.8) is 0 Å². The highest BCUT2D eigenvalue weighted by atomic mass is 35.5. The molecule has 0 bridgehead atoms. The van der Waals surface area contributed by atoms with Gasteiger partial charge in [-0.05, 0) is 31.4 Å². The molecule has 1 saturated heterocycles. The zero-order valence-electron chi connectivity index (χ0n) is 12.8. The highest BCUT2D eigenvalue weighted by molar-refractivity contribution is 5.98. The van der Waals surface area contributed by atoms with E-state index < -0.39 is 17.4 Å². The smallest absolute Gasteiger partial charge is 0.223 e. The minimum absolute atomic E-state index is 0. The van der Waals surface area contributed by atoms with Crippen LogP contribution < -0.4 is 5.73 Å². The molecule has 1 unspecified atom stereocenters. The number of hydrogen-bond donors (Lipinski definition) is 1. The summed E-state index contributed by atoms with van der Waals surface area (Å²) in [6.45, 7) is 1.06. The third-order valence-corrected chi connectivity index (χ3v) is 4.02. The molecule has 1 fully saturated rings. The van der Waals surface area contributed by atoms with Crippen molar-refractivity contribution >= 4 is 24.1 Å². The lowest BCUT2D eigenvalue weighted by molar-refractivity contribution is -0.134. The van der Waals surface area contributed by atoms with Crippen LogP contribution in [0.5, 0.6) is 0 Å². The Balaban J connectivity index is 0.00000264. The van der Waals surface area contributed by atoms with Gasteiger partial charge in [-0.1, -0.05) is 0 Å². The monoisotopic (exact) mass is 346 g/mol. The van der Waals surface area contributed by atoms with Crippen LogP contribution in [0.25, 0.3) is 0 Å². The molecule has 0 spiro atoms. The molecule has 7 heteroatoms. The van der Waals surface area contributed by atoms with Crippen molar-refractivity contribution in [2.75, 3.05) is 13.1 Å². The number of nitrogens with two attached hydrogens (primary N) is 1. The van der Waals surface area contributed by atoms with Crippen LogP contribution in [0.15, 0.2) is 18.2 Å². The second-order valence-corrected chi connectivity index (χ2v) is 5.52. The van der Waals surface area contributed by atoms with Crippen LogP contribution in [0, 0.1) is 11.6 Å². The van der Waals surface area contributed by atoms with Crippen LogP contribution >= 0.6 is 12.4 Å². The topological polar surface area (TPSA) is 63.4 Å². The fraction of sp³-hybridized carbons (Fsp3) is 0.500. The fourth-order valence-electron chi connectivity index (χ4n) is 2.79. The van der Waals surface area contributed by atoms with E-state index in [1.54, 1.807) is 4.90 Å². The highest BCUT2D eigenvalue weighted by Gasteiger charge is 2.26. The Kier molecular flexibility index (Phi) is 7.58. The molecule has 0 saturated carbocycles. The van der Waals surface area contributed by atoms with Crippen molar-refractivity contribution in [3.8, 4) is 0 Å². The Hall–Kier alpha value is -1.53. The van der Waals surface area contributed by atoms with Gasteiger partial charge < -0.3 is 10.6 Å². The van der Waals surface area contributed by atoms with Gasteiger partial charge in [0.2, 0.25) is 5.91 Å². The van der Waals surface area contributed by atoms with Crippen LogP contribution in [0.1, 0.15) is 42.5 Å². The summed E-state index contributed by atoms with van der Waals surface area (Å²) >= 11 is 0. The molecule has 128 valence electrons. The molecule has 23 heavy (non-hydrogen) atoms. The maximum Gasteiger partial charge on any atom is 0.223 e. The second-order valence-electron chi connectivity index (χ2n) is 5.52. The molecule has 1 amide bonds. The third-order valence-electron chi connectivity index (χ3n) is 4.02. The van der Waals surface area contributed by atoms with Crippen molar-refractivity contribution in [1.82, 2.24) is 4.90 Å². The van der Waals surface area contributed by atoms with E-state index in [-0.39, 0.29) is 42.8 Å². The molecule has 0 radical (unpaired) electrons. The third kappa shape index (κ3) is 4.97. The molecular weight excluding hydrogens is 326 g/mol. The van der Waals surface area contributed by atoms with Gasteiger partial charge in [-0.2, -0.15) is 0 Å². The largest absolute Gasteiger partial charge is 0.338 e. The van der Waals surface area contributed by atoms with Gasteiger partial charge in [0, 0.05) is 38.0 Å². The van der Waals surface area contributed by atoms with Gasteiger partial charge in [0.25, 0.3) is 0 Å². The summed E-state index contributed by atoms with van der Waals surface area (Å²) in [6.07, 6.45) is 2.79. The Morgan fingerprint density at radius 3 is 2.61 bits per heavy atom. The SMILES string of the molecule is Cl.NCC1CCCCN1C(=O)CCC(=O)c1ccc(F)cc1F. The first-order valence-corrected chi connectivity index (χ1v) is 7.50. The van der Waals surface area contributed by atoms with E-state index in [0.717, 1.165) is 31.4 Å². The number of benzene rings is 1. The number of carbonyl (C=O) groups excluding carboxylic acids is 2. The van der Waals surface area contributed by atoms with Crippen LogP contribution in [-0.4, -0.2) is 35.7 Å². The van der Waals surface area contributed by atoms with E-state index in [9.17, 15) is 18.4 Å². The van der Waals surface area contributed by atoms with Crippen molar-refractivity contribution in [3.05, 3.63) is 35.4 Å². The zero-order valence-corrected chi connectivity index (χ0v) is 13.6. The summed E-state index contributed by atoms with van der Waals surface area (Å²) in [5, 5.41) is 0. The predicted molar refractivity (Wildman–Crippen MR) is 85.6 cm³/mol. The first kappa shape index (κ1) is 19.5. The maximum atomic E-state index is 13.5. The molecule has 1 heterocycles. The summed E-state index contributed by atoms with van der Waals surface area (Å²) in [5.74, 6) is -2.25. The van der Waals surface area contributed by atoms with Crippen LogP contribution in [0.4, 0.5) is 8.78 Å². The maximum absolute atomic E-state index is 13.5. The first-order chi connectivity index (χ1) is 10.5. The number of nitrogens with zero attached hydrogens (tertiary/aromatic N) is 1.